The molecule has 0 aromatic rings. The molecule has 1 atom stereocenters. The van der Waals surface area contributed by atoms with E-state index in [1.165, 1.54) is 25.7 Å². The molecule has 0 bridgehead atoms. The molecule has 2 rings (SSSR count). The first-order valence-corrected chi connectivity index (χ1v) is 8.04. The summed E-state index contributed by atoms with van der Waals surface area (Å²) >= 11 is 0. The van der Waals surface area contributed by atoms with Crippen molar-refractivity contribution in [2.75, 3.05) is 39.9 Å². The summed E-state index contributed by atoms with van der Waals surface area (Å²) in [6, 6.07) is 0. The van der Waals surface area contributed by atoms with Gasteiger partial charge in [0.25, 0.3) is 0 Å². The van der Waals surface area contributed by atoms with Gasteiger partial charge in [-0.05, 0) is 24.7 Å². The summed E-state index contributed by atoms with van der Waals surface area (Å²) in [4.78, 5) is 6.94. The van der Waals surface area contributed by atoms with Gasteiger partial charge in [0.05, 0.1) is 13.2 Å². The van der Waals surface area contributed by atoms with Gasteiger partial charge in [-0.3, -0.25) is 4.99 Å². The van der Waals surface area contributed by atoms with Gasteiger partial charge < -0.3 is 15.0 Å². The Bertz CT molecular complexity index is 353. The summed E-state index contributed by atoms with van der Waals surface area (Å²) in [5, 5.41) is 3.56. The van der Waals surface area contributed by atoms with Gasteiger partial charge in [-0.15, -0.1) is 24.0 Å². The Morgan fingerprint density at radius 3 is 2.52 bits per heavy atom. The van der Waals surface area contributed by atoms with E-state index in [4.69, 9.17) is 4.74 Å². The van der Waals surface area contributed by atoms with Gasteiger partial charge >= 0.3 is 0 Å². The minimum absolute atomic E-state index is 0. The highest BCUT2D eigenvalue weighted by atomic mass is 127. The Labute approximate surface area is 147 Å². The van der Waals surface area contributed by atoms with Crippen LogP contribution in [0, 0.1) is 10.8 Å². The molecule has 2 saturated heterocycles. The number of halogens is 1. The SMILES string of the molecule is CCCC1(C)CCCN(C(=NC)NCC2(C)COC2)C1.I. The smallest absolute Gasteiger partial charge is 0.193 e. The molecule has 0 spiro atoms. The third kappa shape index (κ3) is 4.98. The van der Waals surface area contributed by atoms with Crippen molar-refractivity contribution >= 4 is 29.9 Å². The fourth-order valence-corrected chi connectivity index (χ4v) is 3.48. The van der Waals surface area contributed by atoms with Gasteiger partial charge in [-0.2, -0.15) is 0 Å². The Morgan fingerprint density at radius 2 is 2.00 bits per heavy atom. The molecule has 1 unspecified atom stereocenters. The first-order chi connectivity index (χ1) is 9.50. The molecule has 2 fully saturated rings. The van der Waals surface area contributed by atoms with E-state index in [2.05, 4.69) is 36.0 Å². The number of likely N-dealkylation sites (tertiary alicyclic amines) is 1. The summed E-state index contributed by atoms with van der Waals surface area (Å²) in [6.07, 6.45) is 5.20. The number of hydrogen-bond donors (Lipinski definition) is 1. The number of nitrogens with zero attached hydrogens (tertiary/aromatic N) is 2. The van der Waals surface area contributed by atoms with Crippen LogP contribution in [-0.4, -0.2) is 50.8 Å². The van der Waals surface area contributed by atoms with Crippen molar-refractivity contribution < 1.29 is 4.74 Å². The molecule has 0 aromatic heterocycles. The van der Waals surface area contributed by atoms with Crippen LogP contribution in [0.25, 0.3) is 0 Å². The lowest BCUT2D eigenvalue weighted by Crippen LogP contribution is -2.54. The number of aliphatic imine (C=N–C) groups is 1. The highest BCUT2D eigenvalue weighted by Crippen LogP contribution is 2.34. The van der Waals surface area contributed by atoms with Crippen LogP contribution in [-0.2, 0) is 4.74 Å². The zero-order valence-electron chi connectivity index (χ0n) is 14.1. The van der Waals surface area contributed by atoms with Crippen molar-refractivity contribution in [1.82, 2.24) is 10.2 Å². The largest absolute Gasteiger partial charge is 0.380 e. The van der Waals surface area contributed by atoms with E-state index >= 15 is 0 Å². The first-order valence-electron chi connectivity index (χ1n) is 8.04. The van der Waals surface area contributed by atoms with Gasteiger partial charge in [0, 0.05) is 32.1 Å². The number of rotatable bonds is 4. The van der Waals surface area contributed by atoms with Gasteiger partial charge in [0.1, 0.15) is 0 Å². The molecule has 0 amide bonds. The Balaban J connectivity index is 0.00000220. The molecular formula is C16H32IN3O. The monoisotopic (exact) mass is 409 g/mol. The molecule has 4 nitrogen and oxygen atoms in total. The maximum absolute atomic E-state index is 5.32. The second kappa shape index (κ2) is 7.99. The van der Waals surface area contributed by atoms with Crippen molar-refractivity contribution in [3.63, 3.8) is 0 Å². The average Bonchev–Trinajstić information content (AvgIpc) is 2.37. The van der Waals surface area contributed by atoms with Crippen molar-refractivity contribution in [2.24, 2.45) is 15.8 Å². The van der Waals surface area contributed by atoms with E-state index in [9.17, 15) is 0 Å². The molecule has 2 aliphatic rings. The number of piperidine rings is 1. The van der Waals surface area contributed by atoms with E-state index in [0.717, 1.165) is 38.8 Å². The van der Waals surface area contributed by atoms with E-state index < -0.39 is 0 Å². The highest BCUT2D eigenvalue weighted by molar-refractivity contribution is 14.0. The average molecular weight is 409 g/mol. The molecule has 0 radical (unpaired) electrons. The lowest BCUT2D eigenvalue weighted by molar-refractivity contribution is -0.0973. The second-order valence-corrected chi connectivity index (χ2v) is 7.29. The Morgan fingerprint density at radius 1 is 1.29 bits per heavy atom. The summed E-state index contributed by atoms with van der Waals surface area (Å²) < 4.78 is 5.32. The van der Waals surface area contributed by atoms with E-state index in [-0.39, 0.29) is 24.0 Å². The molecule has 0 saturated carbocycles. The molecular weight excluding hydrogens is 377 g/mol. The van der Waals surface area contributed by atoms with Crippen LogP contribution in [0.5, 0.6) is 0 Å². The zero-order chi connectivity index (χ0) is 14.6. The second-order valence-electron chi connectivity index (χ2n) is 7.29. The quantitative estimate of drug-likeness (QED) is 0.441. The van der Waals surface area contributed by atoms with E-state index in [1.54, 1.807) is 0 Å². The van der Waals surface area contributed by atoms with Gasteiger partial charge in [-0.25, -0.2) is 0 Å². The lowest BCUT2D eigenvalue weighted by Gasteiger charge is -2.43. The fourth-order valence-electron chi connectivity index (χ4n) is 3.48. The third-order valence-corrected chi connectivity index (χ3v) is 4.72. The molecule has 0 aliphatic carbocycles. The number of hydrogen-bond acceptors (Lipinski definition) is 2. The van der Waals surface area contributed by atoms with Crippen LogP contribution in [0.4, 0.5) is 0 Å². The maximum Gasteiger partial charge on any atom is 0.193 e. The molecule has 5 heteroatoms. The molecule has 2 aliphatic heterocycles. The van der Waals surface area contributed by atoms with Crippen molar-refractivity contribution in [3.05, 3.63) is 0 Å². The predicted octanol–water partition coefficient (Wildman–Crippen LogP) is 3.12. The van der Waals surface area contributed by atoms with Crippen LogP contribution in [0.1, 0.15) is 46.5 Å². The minimum atomic E-state index is 0. The first kappa shape index (κ1) is 19.0. The maximum atomic E-state index is 5.32. The van der Waals surface area contributed by atoms with Gasteiger partial charge in [0.15, 0.2) is 5.96 Å². The van der Waals surface area contributed by atoms with Crippen molar-refractivity contribution in [2.45, 2.75) is 46.5 Å². The van der Waals surface area contributed by atoms with Gasteiger partial charge in [0.2, 0.25) is 0 Å². The summed E-state index contributed by atoms with van der Waals surface area (Å²) in [5.74, 6) is 1.07. The molecule has 0 aromatic carbocycles. The summed E-state index contributed by atoms with van der Waals surface area (Å²) in [5.41, 5.74) is 0.743. The highest BCUT2D eigenvalue weighted by Gasteiger charge is 2.35. The summed E-state index contributed by atoms with van der Waals surface area (Å²) in [7, 11) is 1.90. The van der Waals surface area contributed by atoms with Crippen LogP contribution < -0.4 is 5.32 Å². The predicted molar refractivity (Wildman–Crippen MR) is 99.5 cm³/mol. The normalized spacial score (nSPS) is 28.6. The van der Waals surface area contributed by atoms with Crippen LogP contribution in [0.3, 0.4) is 0 Å². The number of guanidine groups is 1. The van der Waals surface area contributed by atoms with Gasteiger partial charge in [-0.1, -0.05) is 27.2 Å². The standard InChI is InChI=1S/C16H31N3O.HI/c1-5-7-15(2)8-6-9-19(11-15)14(17-4)18-10-16(3)12-20-13-16;/h5-13H2,1-4H3,(H,17,18);1H. The van der Waals surface area contributed by atoms with Crippen LogP contribution >= 0.6 is 24.0 Å². The number of ether oxygens (including phenoxy) is 1. The summed E-state index contributed by atoms with van der Waals surface area (Å²) in [6.45, 7) is 11.9. The van der Waals surface area contributed by atoms with E-state index in [0.29, 0.717) is 10.8 Å². The number of nitrogens with one attached hydrogen (secondary N) is 1. The van der Waals surface area contributed by atoms with Crippen molar-refractivity contribution in [3.8, 4) is 0 Å². The van der Waals surface area contributed by atoms with Crippen LogP contribution in [0.15, 0.2) is 4.99 Å². The third-order valence-electron chi connectivity index (χ3n) is 4.72. The molecule has 1 N–H and O–H groups in total. The Kier molecular flexibility index (Phi) is 7.24. The fraction of sp³-hybridized carbons (Fsp3) is 0.938. The minimum Gasteiger partial charge on any atom is -0.380 e. The van der Waals surface area contributed by atoms with E-state index in [1.807, 2.05) is 7.05 Å². The molecule has 21 heavy (non-hydrogen) atoms. The topological polar surface area (TPSA) is 36.9 Å². The van der Waals surface area contributed by atoms with Crippen LogP contribution in [0.2, 0.25) is 0 Å². The molecule has 2 heterocycles. The lowest BCUT2D eigenvalue weighted by atomic mass is 9.78. The molecule has 124 valence electrons. The zero-order valence-corrected chi connectivity index (χ0v) is 16.4. The Hall–Kier alpha value is -0.0400. The van der Waals surface area contributed by atoms with Crippen molar-refractivity contribution in [1.29, 1.82) is 0 Å².